The Balaban J connectivity index is 0.000000659. The van der Waals surface area contributed by atoms with Crippen LogP contribution in [0.25, 0.3) is 11.1 Å². The number of hydrogen-bond acceptors (Lipinski definition) is 24. The average Bonchev–Trinajstić information content (AvgIpc) is 0.812. The van der Waals surface area contributed by atoms with Gasteiger partial charge in [-0.05, 0) is 166 Å². The summed E-state index contributed by atoms with van der Waals surface area (Å²) < 4.78 is 129. The molecule has 0 saturated heterocycles. The predicted molar refractivity (Wildman–Crippen MR) is 452 cm³/mol. The molecule has 6 aromatic carbocycles. The van der Waals surface area contributed by atoms with E-state index in [4.69, 9.17) is 53.2 Å². The summed E-state index contributed by atoms with van der Waals surface area (Å²) in [4.78, 5) is 121. The van der Waals surface area contributed by atoms with Crippen molar-refractivity contribution in [2.75, 3.05) is 50.2 Å². The van der Waals surface area contributed by atoms with E-state index in [1.54, 1.807) is 115 Å². The number of halogens is 7. The van der Waals surface area contributed by atoms with E-state index < -0.39 is 92.2 Å². The molecule has 0 bridgehead atoms. The Morgan fingerprint density at radius 2 is 0.928 bits per heavy atom. The molecule has 0 fully saturated rings. The number of anilines is 2. The Morgan fingerprint density at radius 3 is 1.29 bits per heavy atom. The van der Waals surface area contributed by atoms with E-state index in [0.717, 1.165) is 44.4 Å². The van der Waals surface area contributed by atoms with Crippen LogP contribution >= 0.6 is 24.2 Å². The molecule has 2 aromatic heterocycles. The molecule has 0 saturated carbocycles. The first kappa shape index (κ1) is 115. The van der Waals surface area contributed by atoms with Crippen LogP contribution in [-0.2, 0) is 70.2 Å². The molecule has 1 unspecified atom stereocenters. The topological polar surface area (TPSA) is 380 Å². The molecule has 0 aliphatic heterocycles. The number of alkyl halides is 6. The molecule has 4 amide bonds. The quantitative estimate of drug-likeness (QED) is 0.00545. The molecule has 0 spiro atoms. The first-order valence-electron chi connectivity index (χ1n) is 38.4. The van der Waals surface area contributed by atoms with E-state index in [1.165, 1.54) is 105 Å². The van der Waals surface area contributed by atoms with Crippen LogP contribution in [0.4, 0.5) is 47.6 Å². The van der Waals surface area contributed by atoms with E-state index in [0.29, 0.717) is 29.2 Å². The first-order valence-corrected chi connectivity index (χ1v) is 56.2. The maximum atomic E-state index is 13.4. The van der Waals surface area contributed by atoms with Gasteiger partial charge in [-0.3, -0.25) is 38.6 Å². The Hall–Kier alpha value is -6.49. The van der Waals surface area contributed by atoms with Gasteiger partial charge in [0.25, 0.3) is 0 Å². The third-order valence-electron chi connectivity index (χ3n) is 16.6. The normalized spacial score (nSPS) is 11.4. The summed E-state index contributed by atoms with van der Waals surface area (Å²) in [6.45, 7) is 14.6. The average molecular weight is 1910 g/mol. The Bertz CT molecular complexity index is 4710. The molecule has 3 atom stereocenters. The number of benzene rings is 6. The van der Waals surface area contributed by atoms with Gasteiger partial charge < -0.3 is 68.7 Å². The van der Waals surface area contributed by atoms with Crippen LogP contribution in [0.15, 0.2) is 187 Å². The van der Waals surface area contributed by atoms with Crippen LogP contribution in [0, 0.1) is 13.8 Å². The summed E-state index contributed by atoms with van der Waals surface area (Å²) in [6.07, 6.45) is -7.29. The fraction of sp³-hybridized carbons (Fsp3) is 0.365. The van der Waals surface area contributed by atoms with Gasteiger partial charge >= 0.3 is 167 Å². The second-order valence-corrected chi connectivity index (χ2v) is 30.2. The third kappa shape index (κ3) is 47.6. The fourth-order valence-electron chi connectivity index (χ4n) is 11.0. The van der Waals surface area contributed by atoms with E-state index >= 15 is 0 Å². The van der Waals surface area contributed by atoms with Crippen LogP contribution in [0.1, 0.15) is 146 Å². The Kier molecular flexibility index (Phi) is 54.0. The summed E-state index contributed by atoms with van der Waals surface area (Å²) in [5, 5.41) is 31.9. The predicted octanol–water partition coefficient (Wildman–Crippen LogP) is 10.6. The summed E-state index contributed by atoms with van der Waals surface area (Å²) in [5.41, 5.74) is 3.62. The van der Waals surface area contributed by atoms with E-state index in [2.05, 4.69) is 50.7 Å². The number of methoxy groups -OCH3 is 2. The van der Waals surface area contributed by atoms with Gasteiger partial charge in [-0.2, -0.15) is 0 Å². The van der Waals surface area contributed by atoms with Crippen molar-refractivity contribution < 1.29 is 183 Å². The second kappa shape index (κ2) is 58.9. The SMILES string of the molecule is C.COC(=O)C[C@H](CC(=O)CNC(=O)CCCN(C(=O)OC(C)(C)C)c1cc(C)ccn1)c1ccc(-c2ccc(OCc3ccccc3)cc2OC(F)(F)F)cc1.COC(=O)C[C@H](CC(=O)CNC(=O)CCCN(C(=O)OC(C)(C)C)c1cc(C)ccn1)c1ccc(Br)cc1.O=[P+]([O-])O[O-].OB(O)c1ccc(OCc2ccccc2)cc1OC(F)(F)F.[K+].[K][K]. The number of aryl methyl sites for hydroxylation is 2. The van der Waals surface area contributed by atoms with Crippen molar-refractivity contribution in [1.29, 1.82) is 0 Å². The van der Waals surface area contributed by atoms with Gasteiger partial charge in [-0.1, -0.05) is 126 Å². The first-order chi connectivity index (χ1) is 58.0. The molecule has 40 heteroatoms. The molecule has 4 N–H and O–H groups in total. The number of ketones is 2. The molecular formula is C85H98BBrF6K3N6O22P. The molecule has 8 aromatic rings. The molecule has 0 aliphatic rings. The van der Waals surface area contributed by atoms with Crippen LogP contribution in [-0.4, -0.2) is 202 Å². The molecule has 125 heavy (non-hydrogen) atoms. The van der Waals surface area contributed by atoms with Crippen molar-refractivity contribution in [3.63, 3.8) is 0 Å². The second-order valence-electron chi connectivity index (χ2n) is 28.7. The number of nitrogens with one attached hydrogen (secondary N) is 2. The van der Waals surface area contributed by atoms with Gasteiger partial charge in [0, 0.05) is 90.6 Å². The zero-order valence-corrected chi connectivity index (χ0v) is 82.7. The van der Waals surface area contributed by atoms with Crippen molar-refractivity contribution in [3.8, 4) is 34.1 Å². The fourth-order valence-corrected chi connectivity index (χ4v) is 11.3. The molecular weight excluding hydrogens is 1810 g/mol. The molecule has 28 nitrogen and oxygen atoms in total. The van der Waals surface area contributed by atoms with Crippen molar-refractivity contribution in [2.45, 2.75) is 163 Å². The van der Waals surface area contributed by atoms with Crippen molar-refractivity contribution in [1.82, 2.24) is 20.6 Å². The number of hydrogen-bond donors (Lipinski definition) is 4. The number of aromatic nitrogens is 2. The Morgan fingerprint density at radius 1 is 0.552 bits per heavy atom. The van der Waals surface area contributed by atoms with E-state index in [9.17, 15) is 64.7 Å². The Labute approximate surface area is 819 Å². The summed E-state index contributed by atoms with van der Waals surface area (Å²) >= 11 is 5.88. The molecule has 8 rings (SSSR count). The van der Waals surface area contributed by atoms with Gasteiger partial charge in [0.05, 0.1) is 40.2 Å². The van der Waals surface area contributed by atoms with E-state index in [-0.39, 0.29) is 184 Å². The maximum absolute atomic E-state index is 13.4. The monoisotopic (exact) mass is 1910 g/mol. The molecule has 660 valence electrons. The van der Waals surface area contributed by atoms with Gasteiger partial charge in [0.15, 0.2) is 11.6 Å². The number of ether oxygens (including phenoxy) is 8. The van der Waals surface area contributed by atoms with Crippen LogP contribution < -0.4 is 106 Å². The zero-order chi connectivity index (χ0) is 91.6. The summed E-state index contributed by atoms with van der Waals surface area (Å²) in [5.74, 6) is -3.32. The number of rotatable bonds is 35. The van der Waals surface area contributed by atoms with E-state index in [1.807, 2.05) is 92.7 Å². The number of carbonyl (C=O) groups is 8. The molecule has 0 aliphatic carbocycles. The van der Waals surface area contributed by atoms with Crippen molar-refractivity contribution in [3.05, 3.63) is 220 Å². The third-order valence-corrected chi connectivity index (χ3v) is 17.3. The van der Waals surface area contributed by atoms with Crippen molar-refractivity contribution >= 4 is 159 Å². The number of amides is 4. The number of carbonyl (C=O) groups excluding carboxylic acids is 8. The van der Waals surface area contributed by atoms with Gasteiger partial charge in [-0.25, -0.2) is 24.2 Å². The minimum absolute atomic E-state index is 0. The number of pyridine rings is 2. The number of esters is 2. The van der Waals surface area contributed by atoms with Crippen LogP contribution in [0.5, 0.6) is 23.0 Å². The standard InChI is InChI=1S/C42H46F3N3O8.C28H36BrN3O6.C14H12BF3O4.CH4.3K.HO4P/c1-28-19-20-46-37(22-28)48(40(52)56-41(2,3)4)21-9-12-38(50)47-26-33(49)23-32(24-39(51)53-5)30-13-15-31(16-14-30)35-18-17-34(25-36(35)55-42(43,44)45)54-27-29-10-7-6-8-11-29;1-19-12-13-30-24(15-19)32(27(36)38-28(2,3)4)14-6-7-25(34)31-18-23(33)16-21(17-26(35)37-5)20-8-10-22(29)11-9-20;16-14(17,18)22-13-8-11(6-7-12(13)15(19)20)21-9-10-4-2-1-3-5-10;;;;;1-4-5(2)3/h6-8,10-11,13-20,22,25,32H,9,12,21,23-24,26-27H2,1-5H3,(H,47,50);8-13,15,21H,6-7,14,16-18H2,1-5H3,(H,31,34);1-8,19-20H,9H2;1H4;;;;1H/q;;;;;;+1;/p-1/t32-;21-;;;;;;/m00....../s1. The van der Waals surface area contributed by atoms with Gasteiger partial charge in [-0.15, -0.1) is 26.3 Å². The number of nitrogens with zero attached hydrogens (tertiary/aromatic N) is 4. The zero-order valence-electron chi connectivity index (χ0n) is 70.9. The van der Waals surface area contributed by atoms with Gasteiger partial charge in [0.2, 0.25) is 11.8 Å². The summed E-state index contributed by atoms with van der Waals surface area (Å²) in [7, 11) is -2.71. The van der Waals surface area contributed by atoms with Crippen molar-refractivity contribution in [2.24, 2.45) is 0 Å². The molecule has 2 heterocycles. The summed E-state index contributed by atoms with van der Waals surface area (Å²) in [6, 6.07) is 46.7. The van der Waals surface area contributed by atoms with Crippen LogP contribution in [0.2, 0.25) is 0 Å². The number of Topliss-reactive ketones (excluding diaryl/α,β-unsaturated/α-hetero) is 2. The van der Waals surface area contributed by atoms with Gasteiger partial charge in [0.1, 0.15) is 59.0 Å². The molecule has 0 radical (unpaired) electrons. The van der Waals surface area contributed by atoms with Crippen LogP contribution in [0.3, 0.4) is 0 Å². The minimum atomic E-state index is -4.96.